The third kappa shape index (κ3) is 3.36. The first-order valence-electron chi connectivity index (χ1n) is 10.4. The first-order valence-corrected chi connectivity index (χ1v) is 11.6. The summed E-state index contributed by atoms with van der Waals surface area (Å²) in [6.45, 7) is 0. The second-order valence-corrected chi connectivity index (χ2v) is 9.10. The molecule has 6 aromatic rings. The maximum absolute atomic E-state index is 6.22. The first kappa shape index (κ1) is 19.2. The van der Waals surface area contributed by atoms with Crippen molar-refractivity contribution in [2.24, 2.45) is 0 Å². The normalized spacial score (nSPS) is 11.3. The molecule has 6 rings (SSSR count). The fourth-order valence-corrected chi connectivity index (χ4v) is 5.33. The predicted octanol–water partition coefficient (Wildman–Crippen LogP) is 8.50. The van der Waals surface area contributed by atoms with Gasteiger partial charge in [-0.25, -0.2) is 9.97 Å². The molecule has 0 aliphatic rings. The van der Waals surface area contributed by atoms with E-state index in [0.717, 1.165) is 49.0 Å². The maximum Gasteiger partial charge on any atom is 0.161 e. The van der Waals surface area contributed by atoms with Crippen LogP contribution in [0, 0.1) is 0 Å². The monoisotopic (exact) mass is 448 g/mol. The molecule has 4 heteroatoms. The minimum absolute atomic E-state index is 0.724. The highest BCUT2D eigenvalue weighted by molar-refractivity contribution is 7.25. The number of fused-ring (bicyclic) bond motifs is 3. The summed E-state index contributed by atoms with van der Waals surface area (Å²) >= 11 is 7.93. The summed E-state index contributed by atoms with van der Waals surface area (Å²) in [4.78, 5) is 11.1. The lowest BCUT2D eigenvalue weighted by Gasteiger charge is -2.09. The van der Waals surface area contributed by atoms with Crippen LogP contribution >= 0.6 is 22.9 Å². The zero-order valence-electron chi connectivity index (χ0n) is 17.0. The highest BCUT2D eigenvalue weighted by Gasteiger charge is 2.16. The SMILES string of the molecule is Clc1cccc(-c2cccc(-c3nc(-c4ccccc4)c4c(n3)sc3ccccc34)c2)c1. The van der Waals surface area contributed by atoms with Gasteiger partial charge in [-0.2, -0.15) is 0 Å². The quantitative estimate of drug-likeness (QED) is 0.271. The van der Waals surface area contributed by atoms with E-state index in [4.69, 9.17) is 21.6 Å². The molecule has 2 heterocycles. The molecule has 0 radical (unpaired) electrons. The van der Waals surface area contributed by atoms with Gasteiger partial charge in [0, 0.05) is 31.6 Å². The molecule has 32 heavy (non-hydrogen) atoms. The Morgan fingerprint density at radius 3 is 2.12 bits per heavy atom. The highest BCUT2D eigenvalue weighted by atomic mass is 35.5. The molecule has 0 atom stereocenters. The third-order valence-electron chi connectivity index (χ3n) is 5.56. The van der Waals surface area contributed by atoms with E-state index in [1.165, 1.54) is 10.1 Å². The van der Waals surface area contributed by atoms with Gasteiger partial charge < -0.3 is 0 Å². The molecular formula is C28H17ClN2S. The zero-order chi connectivity index (χ0) is 21.5. The molecule has 0 saturated heterocycles. The molecule has 152 valence electrons. The summed E-state index contributed by atoms with van der Waals surface area (Å²) in [5.74, 6) is 0.729. The summed E-state index contributed by atoms with van der Waals surface area (Å²) in [6, 6.07) is 35.1. The second-order valence-electron chi connectivity index (χ2n) is 7.63. The Balaban J connectivity index is 1.60. The Kier molecular flexibility index (Phi) is 4.71. The van der Waals surface area contributed by atoms with Gasteiger partial charge in [-0.1, -0.05) is 90.5 Å². The van der Waals surface area contributed by atoms with Crippen LogP contribution < -0.4 is 0 Å². The van der Waals surface area contributed by atoms with E-state index in [1.807, 2.05) is 30.3 Å². The van der Waals surface area contributed by atoms with Gasteiger partial charge in [0.25, 0.3) is 0 Å². The standard InChI is InChI=1S/C28H17ClN2S/c29-22-13-7-11-20(17-22)19-10-6-12-21(16-19)27-30-26(18-8-2-1-3-9-18)25-23-14-4-5-15-24(23)32-28(25)31-27/h1-17H. The van der Waals surface area contributed by atoms with Crippen LogP contribution in [-0.4, -0.2) is 9.97 Å². The van der Waals surface area contributed by atoms with E-state index in [-0.39, 0.29) is 0 Å². The molecule has 2 aromatic heterocycles. The molecule has 0 amide bonds. The Bertz CT molecular complexity index is 1590. The Hall–Kier alpha value is -3.53. The summed E-state index contributed by atoms with van der Waals surface area (Å²) in [5.41, 5.74) is 5.21. The minimum Gasteiger partial charge on any atom is -0.227 e. The molecule has 0 spiro atoms. The number of benzene rings is 4. The number of halogens is 1. The van der Waals surface area contributed by atoms with Crippen molar-refractivity contribution in [1.82, 2.24) is 9.97 Å². The fourth-order valence-electron chi connectivity index (χ4n) is 4.06. The lowest BCUT2D eigenvalue weighted by Crippen LogP contribution is -1.94. The molecular weight excluding hydrogens is 432 g/mol. The molecule has 4 aromatic carbocycles. The van der Waals surface area contributed by atoms with Crippen LogP contribution in [0.4, 0.5) is 0 Å². The molecule has 0 bridgehead atoms. The van der Waals surface area contributed by atoms with E-state index in [1.54, 1.807) is 11.3 Å². The molecule has 0 fully saturated rings. The van der Waals surface area contributed by atoms with E-state index in [2.05, 4.69) is 72.8 Å². The van der Waals surface area contributed by atoms with Crippen molar-refractivity contribution >= 4 is 43.2 Å². The first-order chi connectivity index (χ1) is 15.8. The highest BCUT2D eigenvalue weighted by Crippen LogP contribution is 2.39. The van der Waals surface area contributed by atoms with Crippen LogP contribution in [0.15, 0.2) is 103 Å². The largest absolute Gasteiger partial charge is 0.227 e. The van der Waals surface area contributed by atoms with Crippen LogP contribution in [0.1, 0.15) is 0 Å². The topological polar surface area (TPSA) is 25.8 Å². The van der Waals surface area contributed by atoms with Gasteiger partial charge >= 0.3 is 0 Å². The Morgan fingerprint density at radius 2 is 1.28 bits per heavy atom. The van der Waals surface area contributed by atoms with Crippen LogP contribution in [0.5, 0.6) is 0 Å². The van der Waals surface area contributed by atoms with Gasteiger partial charge in [-0.05, 0) is 35.4 Å². The zero-order valence-corrected chi connectivity index (χ0v) is 18.6. The Morgan fingerprint density at radius 1 is 0.594 bits per heavy atom. The summed E-state index contributed by atoms with van der Waals surface area (Å²) in [5, 5.41) is 3.04. The number of aromatic nitrogens is 2. The fraction of sp³-hybridized carbons (Fsp3) is 0. The van der Waals surface area contributed by atoms with E-state index >= 15 is 0 Å². The smallest absolute Gasteiger partial charge is 0.161 e. The average molecular weight is 449 g/mol. The van der Waals surface area contributed by atoms with Gasteiger partial charge in [0.05, 0.1) is 5.69 Å². The number of nitrogens with zero attached hydrogens (tertiary/aromatic N) is 2. The number of hydrogen-bond acceptors (Lipinski definition) is 3. The van der Waals surface area contributed by atoms with Crippen LogP contribution in [-0.2, 0) is 0 Å². The van der Waals surface area contributed by atoms with Crippen molar-refractivity contribution in [3.8, 4) is 33.8 Å². The molecule has 0 unspecified atom stereocenters. The van der Waals surface area contributed by atoms with Crippen molar-refractivity contribution in [2.75, 3.05) is 0 Å². The minimum atomic E-state index is 0.724. The van der Waals surface area contributed by atoms with Crippen LogP contribution in [0.2, 0.25) is 5.02 Å². The van der Waals surface area contributed by atoms with Crippen molar-refractivity contribution in [3.63, 3.8) is 0 Å². The summed E-state index contributed by atoms with van der Waals surface area (Å²) in [7, 11) is 0. The van der Waals surface area contributed by atoms with Crippen molar-refractivity contribution in [3.05, 3.63) is 108 Å². The Labute approximate surface area is 194 Å². The lowest BCUT2D eigenvalue weighted by atomic mass is 10.0. The van der Waals surface area contributed by atoms with Crippen molar-refractivity contribution in [2.45, 2.75) is 0 Å². The maximum atomic E-state index is 6.22. The van der Waals surface area contributed by atoms with E-state index in [0.29, 0.717) is 0 Å². The van der Waals surface area contributed by atoms with Gasteiger partial charge in [0.15, 0.2) is 5.82 Å². The van der Waals surface area contributed by atoms with Crippen LogP contribution in [0.3, 0.4) is 0 Å². The number of rotatable bonds is 3. The molecule has 0 saturated carbocycles. The van der Waals surface area contributed by atoms with E-state index in [9.17, 15) is 0 Å². The predicted molar refractivity (Wildman–Crippen MR) is 136 cm³/mol. The van der Waals surface area contributed by atoms with Gasteiger partial charge in [-0.3, -0.25) is 0 Å². The van der Waals surface area contributed by atoms with Gasteiger partial charge in [-0.15, -0.1) is 11.3 Å². The second kappa shape index (κ2) is 7.86. The number of thiophene rings is 1. The average Bonchev–Trinajstić information content (AvgIpc) is 3.23. The summed E-state index contributed by atoms with van der Waals surface area (Å²) in [6.07, 6.45) is 0. The van der Waals surface area contributed by atoms with Gasteiger partial charge in [0.2, 0.25) is 0 Å². The van der Waals surface area contributed by atoms with E-state index < -0.39 is 0 Å². The van der Waals surface area contributed by atoms with Crippen molar-refractivity contribution < 1.29 is 0 Å². The molecule has 0 aliphatic carbocycles. The lowest BCUT2D eigenvalue weighted by molar-refractivity contribution is 1.24. The van der Waals surface area contributed by atoms with Gasteiger partial charge in [0.1, 0.15) is 4.83 Å². The molecule has 0 N–H and O–H groups in total. The molecule has 0 aliphatic heterocycles. The van der Waals surface area contributed by atoms with Crippen molar-refractivity contribution in [1.29, 1.82) is 0 Å². The number of hydrogen-bond donors (Lipinski definition) is 0. The third-order valence-corrected chi connectivity index (χ3v) is 6.86. The molecule has 2 nitrogen and oxygen atoms in total. The van der Waals surface area contributed by atoms with Crippen LogP contribution in [0.25, 0.3) is 54.1 Å². The summed E-state index contributed by atoms with van der Waals surface area (Å²) < 4.78 is 1.22.